The van der Waals surface area contributed by atoms with E-state index in [0.29, 0.717) is 0 Å². The van der Waals surface area contributed by atoms with Crippen LogP contribution in [-0.4, -0.2) is 5.11 Å². The van der Waals surface area contributed by atoms with E-state index in [4.69, 9.17) is 5.11 Å². The first-order valence-corrected chi connectivity index (χ1v) is 6.43. The van der Waals surface area contributed by atoms with Crippen LogP contribution < -0.4 is 0 Å². The molecule has 0 saturated heterocycles. The molecular formula is C14H20OS. The predicted octanol–water partition coefficient (Wildman–Crippen LogP) is 4.39. The molecule has 0 aromatic carbocycles. The molecule has 0 radical (unpaired) electrons. The topological polar surface area (TPSA) is 20.2 Å². The number of aliphatic hydroxyl groups excluding tert-OH is 1. The predicted molar refractivity (Wildman–Crippen MR) is 72.6 cm³/mol. The summed E-state index contributed by atoms with van der Waals surface area (Å²) in [6, 6.07) is 4.06. The summed E-state index contributed by atoms with van der Waals surface area (Å²) in [7, 11) is 0. The average Bonchev–Trinajstić information content (AvgIpc) is 2.65. The molecule has 2 heteroatoms. The second kappa shape index (κ2) is 6.66. The van der Waals surface area contributed by atoms with E-state index in [-0.39, 0.29) is 6.61 Å². The summed E-state index contributed by atoms with van der Waals surface area (Å²) in [6.07, 6.45) is 6.70. The third-order valence-corrected chi connectivity index (χ3v) is 3.34. The van der Waals surface area contributed by atoms with Crippen LogP contribution in [0.1, 0.15) is 43.4 Å². The fourth-order valence-corrected chi connectivity index (χ4v) is 2.36. The smallest absolute Gasteiger partial charge is 0.0774 e. The van der Waals surface area contributed by atoms with Crippen molar-refractivity contribution >= 4 is 17.4 Å². The van der Waals surface area contributed by atoms with Crippen LogP contribution in [0.25, 0.3) is 6.08 Å². The molecule has 0 atom stereocenters. The zero-order valence-corrected chi connectivity index (χ0v) is 11.1. The van der Waals surface area contributed by atoms with Crippen LogP contribution in [0.4, 0.5) is 0 Å². The Morgan fingerprint density at radius 1 is 1.31 bits per heavy atom. The monoisotopic (exact) mass is 236 g/mol. The van der Waals surface area contributed by atoms with Crippen molar-refractivity contribution in [2.24, 2.45) is 0 Å². The van der Waals surface area contributed by atoms with Crippen molar-refractivity contribution in [2.45, 2.75) is 40.2 Å². The van der Waals surface area contributed by atoms with Crippen LogP contribution >= 0.6 is 11.3 Å². The lowest BCUT2D eigenvalue weighted by molar-refractivity contribution is 0.285. The number of thiophene rings is 1. The molecule has 0 aliphatic carbocycles. The highest BCUT2D eigenvalue weighted by atomic mass is 32.1. The Kier molecular flexibility index (Phi) is 5.50. The van der Waals surface area contributed by atoms with Gasteiger partial charge in [0, 0.05) is 9.75 Å². The Bertz CT molecular complexity index is 381. The van der Waals surface area contributed by atoms with E-state index in [1.165, 1.54) is 16.0 Å². The van der Waals surface area contributed by atoms with Gasteiger partial charge in [-0.05, 0) is 51.8 Å². The number of allylic oxidation sites excluding steroid dienone is 3. The summed E-state index contributed by atoms with van der Waals surface area (Å²) in [6.45, 7) is 6.57. The first kappa shape index (κ1) is 13.2. The molecule has 0 bridgehead atoms. The third-order valence-electron chi connectivity index (χ3n) is 2.32. The van der Waals surface area contributed by atoms with Gasteiger partial charge in [-0.3, -0.25) is 0 Å². The molecule has 1 rings (SSSR count). The Morgan fingerprint density at radius 2 is 2.06 bits per heavy atom. The van der Waals surface area contributed by atoms with Gasteiger partial charge in [-0.1, -0.05) is 17.2 Å². The van der Waals surface area contributed by atoms with Gasteiger partial charge < -0.3 is 5.11 Å². The molecule has 1 nitrogen and oxygen atoms in total. The average molecular weight is 236 g/mol. The van der Waals surface area contributed by atoms with E-state index in [0.717, 1.165) is 17.7 Å². The van der Waals surface area contributed by atoms with Gasteiger partial charge in [-0.2, -0.15) is 0 Å². The zero-order valence-electron chi connectivity index (χ0n) is 10.3. The van der Waals surface area contributed by atoms with Gasteiger partial charge in [0.15, 0.2) is 0 Å². The van der Waals surface area contributed by atoms with E-state index in [1.54, 1.807) is 11.3 Å². The fourth-order valence-electron chi connectivity index (χ4n) is 1.46. The van der Waals surface area contributed by atoms with Crippen molar-refractivity contribution in [2.75, 3.05) is 0 Å². The Morgan fingerprint density at radius 3 is 2.62 bits per heavy atom. The maximum Gasteiger partial charge on any atom is 0.0774 e. The van der Waals surface area contributed by atoms with Crippen LogP contribution in [0, 0.1) is 0 Å². The van der Waals surface area contributed by atoms with Crippen molar-refractivity contribution in [3.63, 3.8) is 0 Å². The summed E-state index contributed by atoms with van der Waals surface area (Å²) in [4.78, 5) is 2.27. The van der Waals surface area contributed by atoms with Crippen molar-refractivity contribution in [1.82, 2.24) is 0 Å². The Labute approximate surface area is 102 Å². The van der Waals surface area contributed by atoms with Gasteiger partial charge in [-0.15, -0.1) is 11.3 Å². The van der Waals surface area contributed by atoms with Crippen LogP contribution in [0.2, 0.25) is 0 Å². The lowest BCUT2D eigenvalue weighted by Crippen LogP contribution is -1.76. The number of aliphatic hydroxyl groups is 1. The lowest BCUT2D eigenvalue weighted by Gasteiger charge is -1.97. The number of hydrogen-bond donors (Lipinski definition) is 1. The first-order valence-electron chi connectivity index (χ1n) is 5.62. The van der Waals surface area contributed by atoms with Gasteiger partial charge in [-0.25, -0.2) is 0 Å². The van der Waals surface area contributed by atoms with Crippen molar-refractivity contribution < 1.29 is 5.11 Å². The highest BCUT2D eigenvalue weighted by molar-refractivity contribution is 7.12. The molecule has 1 heterocycles. The second-order valence-corrected chi connectivity index (χ2v) is 5.47. The first-order chi connectivity index (χ1) is 7.61. The summed E-state index contributed by atoms with van der Waals surface area (Å²) in [5.41, 5.74) is 2.77. The molecule has 0 aliphatic heterocycles. The van der Waals surface area contributed by atoms with Gasteiger partial charge in [0.1, 0.15) is 0 Å². The normalized spacial score (nSPS) is 11.6. The molecule has 0 aliphatic rings. The van der Waals surface area contributed by atoms with E-state index >= 15 is 0 Å². The van der Waals surface area contributed by atoms with Crippen LogP contribution in [0.3, 0.4) is 0 Å². The largest absolute Gasteiger partial charge is 0.391 e. The second-order valence-electron chi connectivity index (χ2n) is 4.27. The molecule has 88 valence electrons. The molecule has 16 heavy (non-hydrogen) atoms. The summed E-state index contributed by atoms with van der Waals surface area (Å²) < 4.78 is 0. The molecule has 0 spiro atoms. The Hall–Kier alpha value is -0.860. The summed E-state index contributed by atoms with van der Waals surface area (Å²) >= 11 is 1.66. The minimum Gasteiger partial charge on any atom is -0.391 e. The molecule has 0 amide bonds. The van der Waals surface area contributed by atoms with Crippen molar-refractivity contribution in [1.29, 1.82) is 0 Å². The molecule has 1 aromatic rings. The maximum atomic E-state index is 8.97. The number of hydrogen-bond acceptors (Lipinski definition) is 2. The molecule has 0 unspecified atom stereocenters. The quantitative estimate of drug-likeness (QED) is 0.752. The standard InChI is InChI=1S/C14H20OS/c1-11(2)5-4-6-12(3)9-13-7-8-14(10-15)16-13/h5,7-9,15H,4,6,10H2,1-3H3. The Balaban J connectivity index is 2.52. The van der Waals surface area contributed by atoms with E-state index in [9.17, 15) is 0 Å². The van der Waals surface area contributed by atoms with Gasteiger partial charge in [0.25, 0.3) is 0 Å². The van der Waals surface area contributed by atoms with Gasteiger partial charge in [0.05, 0.1) is 6.61 Å². The molecule has 0 fully saturated rings. The zero-order chi connectivity index (χ0) is 12.0. The SMILES string of the molecule is CC(C)=CCCC(C)=Cc1ccc(CO)s1. The highest BCUT2D eigenvalue weighted by Gasteiger charge is 1.97. The van der Waals surface area contributed by atoms with Gasteiger partial charge in [0.2, 0.25) is 0 Å². The molecule has 0 saturated carbocycles. The highest BCUT2D eigenvalue weighted by Crippen LogP contribution is 2.20. The van der Waals surface area contributed by atoms with E-state index in [1.807, 2.05) is 6.07 Å². The van der Waals surface area contributed by atoms with E-state index in [2.05, 4.69) is 39.0 Å². The minimum absolute atomic E-state index is 0.148. The van der Waals surface area contributed by atoms with E-state index < -0.39 is 0 Å². The summed E-state index contributed by atoms with van der Waals surface area (Å²) in [5.74, 6) is 0. The van der Waals surface area contributed by atoms with Crippen LogP contribution in [0.15, 0.2) is 29.4 Å². The minimum atomic E-state index is 0.148. The molecule has 1 N–H and O–H groups in total. The molecule has 1 aromatic heterocycles. The number of rotatable bonds is 5. The fraction of sp³-hybridized carbons (Fsp3) is 0.429. The third kappa shape index (κ3) is 4.77. The van der Waals surface area contributed by atoms with Crippen molar-refractivity contribution in [3.05, 3.63) is 39.1 Å². The van der Waals surface area contributed by atoms with Crippen LogP contribution in [-0.2, 0) is 6.61 Å². The lowest BCUT2D eigenvalue weighted by atomic mass is 10.1. The van der Waals surface area contributed by atoms with Gasteiger partial charge >= 0.3 is 0 Å². The van der Waals surface area contributed by atoms with Crippen LogP contribution in [0.5, 0.6) is 0 Å². The maximum absolute atomic E-state index is 8.97. The molecular weight excluding hydrogens is 216 g/mol. The summed E-state index contributed by atoms with van der Waals surface area (Å²) in [5, 5.41) is 8.97. The van der Waals surface area contributed by atoms with Crippen molar-refractivity contribution in [3.8, 4) is 0 Å².